The van der Waals surface area contributed by atoms with Crippen LogP contribution in [-0.4, -0.2) is 74.3 Å². The highest BCUT2D eigenvalue weighted by Gasteiger charge is 2.20. The molecule has 0 unspecified atom stereocenters. The van der Waals surface area contributed by atoms with Crippen LogP contribution in [0, 0.1) is 0 Å². The van der Waals surface area contributed by atoms with E-state index in [1.807, 2.05) is 18.2 Å². The SMILES string of the molecule is C=C/C=C(\C=C)c1cc(NC2CCN(C)CC2)c2cc(OC)c(OCCCN3CCCC3)cc2n1. The predicted octanol–water partition coefficient (Wildman–Crippen LogP) is 5.37. The van der Waals surface area contributed by atoms with Gasteiger partial charge in [0.2, 0.25) is 0 Å². The average molecular weight is 477 g/mol. The van der Waals surface area contributed by atoms with Crippen LogP contribution in [0.5, 0.6) is 11.5 Å². The molecule has 4 rings (SSSR count). The fraction of sp³-hybridized carbons (Fsp3) is 0.483. The summed E-state index contributed by atoms with van der Waals surface area (Å²) in [6.07, 6.45) is 11.4. The number of nitrogens with one attached hydrogen (secondary N) is 1. The molecule has 2 aliphatic heterocycles. The Morgan fingerprint density at radius 1 is 1.11 bits per heavy atom. The topological polar surface area (TPSA) is 49.9 Å². The molecule has 2 aromatic rings. The number of benzene rings is 1. The van der Waals surface area contributed by atoms with E-state index in [4.69, 9.17) is 14.5 Å². The normalized spacial score (nSPS) is 18.1. The van der Waals surface area contributed by atoms with Crippen LogP contribution in [0.15, 0.2) is 49.6 Å². The summed E-state index contributed by atoms with van der Waals surface area (Å²) in [5, 5.41) is 4.84. The lowest BCUT2D eigenvalue weighted by atomic mass is 10.0. The van der Waals surface area contributed by atoms with E-state index in [-0.39, 0.29) is 0 Å². The van der Waals surface area contributed by atoms with Crippen LogP contribution in [-0.2, 0) is 0 Å². The molecule has 0 bridgehead atoms. The maximum Gasteiger partial charge on any atom is 0.163 e. The molecule has 2 saturated heterocycles. The number of anilines is 1. The molecule has 6 nitrogen and oxygen atoms in total. The molecule has 0 saturated carbocycles. The Morgan fingerprint density at radius 3 is 2.57 bits per heavy atom. The summed E-state index contributed by atoms with van der Waals surface area (Å²) in [5.41, 5.74) is 3.76. The Balaban J connectivity index is 1.63. The molecule has 6 heteroatoms. The van der Waals surface area contributed by atoms with Crippen molar-refractivity contribution in [3.8, 4) is 11.5 Å². The Bertz CT molecular complexity index is 1050. The highest BCUT2D eigenvalue weighted by molar-refractivity contribution is 5.96. The number of hydrogen-bond acceptors (Lipinski definition) is 6. The van der Waals surface area contributed by atoms with Gasteiger partial charge in [0, 0.05) is 29.7 Å². The minimum Gasteiger partial charge on any atom is -0.493 e. The molecule has 1 aromatic heterocycles. The van der Waals surface area contributed by atoms with E-state index in [2.05, 4.69) is 47.5 Å². The van der Waals surface area contributed by atoms with Gasteiger partial charge in [-0.1, -0.05) is 31.4 Å². The van der Waals surface area contributed by atoms with Crippen LogP contribution >= 0.6 is 0 Å². The first-order chi connectivity index (χ1) is 17.1. The van der Waals surface area contributed by atoms with Crippen molar-refractivity contribution in [3.63, 3.8) is 0 Å². The highest BCUT2D eigenvalue weighted by Crippen LogP contribution is 2.37. The number of nitrogens with zero attached hydrogens (tertiary/aromatic N) is 3. The number of hydrogen-bond donors (Lipinski definition) is 1. The van der Waals surface area contributed by atoms with Gasteiger partial charge in [-0.05, 0) is 83.0 Å². The summed E-state index contributed by atoms with van der Waals surface area (Å²) in [6.45, 7) is 14.2. The number of methoxy groups -OCH3 is 1. The Labute approximate surface area is 210 Å². The smallest absolute Gasteiger partial charge is 0.163 e. The minimum atomic E-state index is 0.424. The molecule has 0 amide bonds. The highest BCUT2D eigenvalue weighted by atomic mass is 16.5. The van der Waals surface area contributed by atoms with E-state index in [0.717, 1.165) is 78.3 Å². The number of aromatic nitrogens is 1. The van der Waals surface area contributed by atoms with Crippen molar-refractivity contribution >= 4 is 22.2 Å². The number of fused-ring (bicyclic) bond motifs is 1. The second-order valence-corrected chi connectivity index (χ2v) is 9.61. The van der Waals surface area contributed by atoms with Crippen molar-refractivity contribution in [1.82, 2.24) is 14.8 Å². The maximum absolute atomic E-state index is 6.20. The molecule has 188 valence electrons. The third-order valence-corrected chi connectivity index (χ3v) is 7.06. The van der Waals surface area contributed by atoms with Crippen LogP contribution in [0.2, 0.25) is 0 Å². The fourth-order valence-electron chi connectivity index (χ4n) is 5.01. The maximum atomic E-state index is 6.20. The van der Waals surface area contributed by atoms with Gasteiger partial charge < -0.3 is 24.6 Å². The largest absolute Gasteiger partial charge is 0.493 e. The molecular formula is C29H40N4O2. The second-order valence-electron chi connectivity index (χ2n) is 9.61. The molecule has 0 atom stereocenters. The van der Waals surface area contributed by atoms with Gasteiger partial charge >= 0.3 is 0 Å². The molecular weight excluding hydrogens is 436 g/mol. The molecule has 3 heterocycles. The zero-order valence-corrected chi connectivity index (χ0v) is 21.4. The Morgan fingerprint density at radius 2 is 1.89 bits per heavy atom. The average Bonchev–Trinajstić information content (AvgIpc) is 3.39. The lowest BCUT2D eigenvalue weighted by Gasteiger charge is -2.30. The minimum absolute atomic E-state index is 0.424. The number of rotatable bonds is 11. The summed E-state index contributed by atoms with van der Waals surface area (Å²) in [7, 11) is 3.89. The number of pyridine rings is 1. The number of piperidine rings is 1. The number of allylic oxidation sites excluding steroid dienone is 4. The number of likely N-dealkylation sites (tertiary alicyclic amines) is 2. The molecule has 0 aliphatic carbocycles. The van der Waals surface area contributed by atoms with Crippen LogP contribution in [0.4, 0.5) is 5.69 Å². The third kappa shape index (κ3) is 6.44. The molecule has 2 aliphatic rings. The molecule has 35 heavy (non-hydrogen) atoms. The molecule has 1 aromatic carbocycles. The monoisotopic (exact) mass is 476 g/mol. The van der Waals surface area contributed by atoms with Crippen molar-refractivity contribution in [2.75, 3.05) is 58.8 Å². The van der Waals surface area contributed by atoms with E-state index in [1.165, 1.54) is 25.9 Å². The van der Waals surface area contributed by atoms with Crippen molar-refractivity contribution < 1.29 is 9.47 Å². The van der Waals surface area contributed by atoms with E-state index in [0.29, 0.717) is 12.6 Å². The van der Waals surface area contributed by atoms with Crippen molar-refractivity contribution in [3.05, 3.63) is 55.3 Å². The first kappa shape index (κ1) is 25.3. The number of ether oxygens (including phenoxy) is 2. The van der Waals surface area contributed by atoms with Gasteiger partial charge in [-0.3, -0.25) is 0 Å². The van der Waals surface area contributed by atoms with E-state index < -0.39 is 0 Å². The van der Waals surface area contributed by atoms with Gasteiger partial charge in [0.05, 0.1) is 24.9 Å². The molecule has 1 N–H and O–H groups in total. The van der Waals surface area contributed by atoms with Gasteiger partial charge in [0.15, 0.2) is 11.5 Å². The van der Waals surface area contributed by atoms with E-state index in [9.17, 15) is 0 Å². The van der Waals surface area contributed by atoms with Crippen molar-refractivity contribution in [2.24, 2.45) is 0 Å². The van der Waals surface area contributed by atoms with Crippen LogP contribution in [0.1, 0.15) is 37.8 Å². The van der Waals surface area contributed by atoms with Gasteiger partial charge in [-0.15, -0.1) is 0 Å². The molecule has 0 spiro atoms. The summed E-state index contributed by atoms with van der Waals surface area (Å²) in [4.78, 5) is 9.87. The standard InChI is InChI=1S/C29H40N4O2/c1-5-10-22(6-2)25-20-26(30-23-11-16-32(3)17-12-23)24-19-28(34-4)29(21-27(24)31-25)35-18-9-15-33-13-7-8-14-33/h5-6,10,19-21,23H,1-2,7-9,11-18H2,3-4H3,(H,30,31)/b22-10+. The first-order valence-electron chi connectivity index (χ1n) is 12.9. The zero-order chi connectivity index (χ0) is 24.6. The van der Waals surface area contributed by atoms with Gasteiger partial charge in [-0.25, -0.2) is 4.98 Å². The quantitative estimate of drug-likeness (QED) is 0.348. The molecule has 2 fully saturated rings. The molecule has 0 radical (unpaired) electrons. The zero-order valence-electron chi connectivity index (χ0n) is 21.4. The first-order valence-corrected chi connectivity index (χ1v) is 12.9. The fourth-order valence-corrected chi connectivity index (χ4v) is 5.01. The Hall–Kier alpha value is -2.83. The summed E-state index contributed by atoms with van der Waals surface area (Å²) in [6, 6.07) is 6.62. The van der Waals surface area contributed by atoms with Gasteiger partial charge in [0.25, 0.3) is 0 Å². The second kappa shape index (κ2) is 12.2. The Kier molecular flexibility index (Phi) is 8.83. The summed E-state index contributed by atoms with van der Waals surface area (Å²) in [5.74, 6) is 1.48. The van der Waals surface area contributed by atoms with E-state index >= 15 is 0 Å². The summed E-state index contributed by atoms with van der Waals surface area (Å²) < 4.78 is 11.9. The van der Waals surface area contributed by atoms with Gasteiger partial charge in [-0.2, -0.15) is 0 Å². The third-order valence-electron chi connectivity index (χ3n) is 7.06. The van der Waals surface area contributed by atoms with Crippen molar-refractivity contribution in [2.45, 2.75) is 38.1 Å². The summed E-state index contributed by atoms with van der Waals surface area (Å²) >= 11 is 0. The van der Waals surface area contributed by atoms with Crippen LogP contribution in [0.25, 0.3) is 16.5 Å². The van der Waals surface area contributed by atoms with Crippen molar-refractivity contribution in [1.29, 1.82) is 0 Å². The van der Waals surface area contributed by atoms with Gasteiger partial charge in [0.1, 0.15) is 0 Å². The lowest BCUT2D eigenvalue weighted by molar-refractivity contribution is 0.254. The lowest BCUT2D eigenvalue weighted by Crippen LogP contribution is -2.36. The van der Waals surface area contributed by atoms with E-state index in [1.54, 1.807) is 13.2 Å². The van der Waals surface area contributed by atoms with Crippen LogP contribution in [0.3, 0.4) is 0 Å². The van der Waals surface area contributed by atoms with Crippen LogP contribution < -0.4 is 14.8 Å². The predicted molar refractivity (Wildman–Crippen MR) is 147 cm³/mol.